The van der Waals surface area contributed by atoms with E-state index >= 15 is 0 Å². The molecular formula is C10H16BrNS. The number of hydrogen-bond donors (Lipinski definition) is 1. The first-order chi connectivity index (χ1) is 5.90. The molecule has 1 aromatic rings. The minimum Gasteiger partial charge on any atom is -0.323 e. The fraction of sp³-hybridized carbons (Fsp3) is 0.600. The lowest BCUT2D eigenvalue weighted by molar-refractivity contribution is 0.344. The van der Waals surface area contributed by atoms with Crippen LogP contribution in [-0.4, -0.2) is 0 Å². The van der Waals surface area contributed by atoms with Gasteiger partial charge >= 0.3 is 0 Å². The Hall–Kier alpha value is 0.140. The summed E-state index contributed by atoms with van der Waals surface area (Å²) in [5, 5.41) is 2.07. The van der Waals surface area contributed by atoms with Gasteiger partial charge in [0.15, 0.2) is 0 Å². The topological polar surface area (TPSA) is 26.0 Å². The van der Waals surface area contributed by atoms with Gasteiger partial charge in [-0.1, -0.05) is 20.8 Å². The predicted octanol–water partition coefficient (Wildman–Crippen LogP) is 3.95. The van der Waals surface area contributed by atoms with Crippen LogP contribution in [0.15, 0.2) is 15.9 Å². The van der Waals surface area contributed by atoms with Crippen molar-refractivity contribution >= 4 is 27.3 Å². The van der Waals surface area contributed by atoms with Gasteiger partial charge in [-0.2, -0.15) is 0 Å². The molecule has 3 heteroatoms. The SMILES string of the molecule is CC(C)(C)CC(N)c1sccc1Br. The summed E-state index contributed by atoms with van der Waals surface area (Å²) >= 11 is 5.23. The van der Waals surface area contributed by atoms with Gasteiger partial charge in [-0.15, -0.1) is 11.3 Å². The van der Waals surface area contributed by atoms with E-state index in [9.17, 15) is 0 Å². The Morgan fingerprint density at radius 3 is 2.54 bits per heavy atom. The maximum atomic E-state index is 6.11. The van der Waals surface area contributed by atoms with E-state index in [0.717, 1.165) is 10.9 Å². The third kappa shape index (κ3) is 3.41. The van der Waals surface area contributed by atoms with Crippen LogP contribution in [0, 0.1) is 5.41 Å². The summed E-state index contributed by atoms with van der Waals surface area (Å²) in [5.74, 6) is 0. The monoisotopic (exact) mass is 261 g/mol. The molecule has 0 saturated heterocycles. The van der Waals surface area contributed by atoms with Gasteiger partial charge in [-0.05, 0) is 39.2 Å². The van der Waals surface area contributed by atoms with Gasteiger partial charge in [0.05, 0.1) is 0 Å². The second-order valence-electron chi connectivity index (χ2n) is 4.50. The standard InChI is InChI=1S/C10H16BrNS/c1-10(2,3)6-8(12)9-7(11)4-5-13-9/h4-5,8H,6,12H2,1-3H3. The molecule has 0 radical (unpaired) electrons. The lowest BCUT2D eigenvalue weighted by Crippen LogP contribution is -2.18. The molecule has 1 aromatic heterocycles. The van der Waals surface area contributed by atoms with E-state index in [4.69, 9.17) is 5.73 Å². The Morgan fingerprint density at radius 1 is 1.54 bits per heavy atom. The molecule has 1 unspecified atom stereocenters. The minimum absolute atomic E-state index is 0.161. The average molecular weight is 262 g/mol. The predicted molar refractivity (Wildman–Crippen MR) is 63.0 cm³/mol. The molecule has 1 rings (SSSR count). The molecule has 2 N–H and O–H groups in total. The van der Waals surface area contributed by atoms with E-state index in [-0.39, 0.29) is 6.04 Å². The normalized spacial score (nSPS) is 14.5. The van der Waals surface area contributed by atoms with Gasteiger partial charge in [0.2, 0.25) is 0 Å². The van der Waals surface area contributed by atoms with Crippen molar-refractivity contribution in [2.24, 2.45) is 11.1 Å². The van der Waals surface area contributed by atoms with Gasteiger partial charge in [-0.25, -0.2) is 0 Å². The number of thiophene rings is 1. The Kier molecular flexibility index (Phi) is 3.55. The molecule has 0 spiro atoms. The molecule has 0 aliphatic heterocycles. The highest BCUT2D eigenvalue weighted by Crippen LogP contribution is 2.34. The van der Waals surface area contributed by atoms with Gasteiger partial charge < -0.3 is 5.73 Å². The van der Waals surface area contributed by atoms with Gasteiger partial charge in [0.1, 0.15) is 0 Å². The number of rotatable bonds is 2. The summed E-state index contributed by atoms with van der Waals surface area (Å²) in [5.41, 5.74) is 6.40. The fourth-order valence-corrected chi connectivity index (χ4v) is 2.99. The summed E-state index contributed by atoms with van der Waals surface area (Å²) in [7, 11) is 0. The van der Waals surface area contributed by atoms with Gasteiger partial charge in [0.25, 0.3) is 0 Å². The summed E-state index contributed by atoms with van der Waals surface area (Å²) < 4.78 is 1.15. The van der Waals surface area contributed by atoms with E-state index in [1.807, 2.05) is 0 Å². The number of nitrogens with two attached hydrogens (primary N) is 1. The maximum Gasteiger partial charge on any atom is 0.0406 e. The minimum atomic E-state index is 0.161. The molecule has 1 atom stereocenters. The van der Waals surface area contributed by atoms with Crippen LogP contribution in [0.1, 0.15) is 38.1 Å². The van der Waals surface area contributed by atoms with Crippen molar-refractivity contribution in [2.45, 2.75) is 33.2 Å². The zero-order chi connectivity index (χ0) is 10.1. The van der Waals surface area contributed by atoms with E-state index in [0.29, 0.717) is 5.41 Å². The van der Waals surface area contributed by atoms with Crippen molar-refractivity contribution < 1.29 is 0 Å². The van der Waals surface area contributed by atoms with Crippen molar-refractivity contribution in [3.8, 4) is 0 Å². The van der Waals surface area contributed by atoms with Crippen LogP contribution >= 0.6 is 27.3 Å². The van der Waals surface area contributed by atoms with Crippen LogP contribution in [0.5, 0.6) is 0 Å². The second-order valence-corrected chi connectivity index (χ2v) is 6.31. The summed E-state index contributed by atoms with van der Waals surface area (Å²) in [6, 6.07) is 2.22. The quantitative estimate of drug-likeness (QED) is 0.858. The highest BCUT2D eigenvalue weighted by molar-refractivity contribution is 9.10. The fourth-order valence-electron chi connectivity index (χ4n) is 1.32. The second kappa shape index (κ2) is 4.11. The molecule has 0 aromatic carbocycles. The molecule has 0 bridgehead atoms. The maximum absolute atomic E-state index is 6.11. The van der Waals surface area contributed by atoms with E-state index in [1.165, 1.54) is 4.88 Å². The van der Waals surface area contributed by atoms with Crippen molar-refractivity contribution in [3.05, 3.63) is 20.8 Å². The molecular weight excluding hydrogens is 246 g/mol. The molecule has 1 nitrogen and oxygen atoms in total. The molecule has 13 heavy (non-hydrogen) atoms. The lowest BCUT2D eigenvalue weighted by Gasteiger charge is -2.22. The third-order valence-electron chi connectivity index (χ3n) is 1.81. The van der Waals surface area contributed by atoms with Crippen molar-refractivity contribution in [3.63, 3.8) is 0 Å². The zero-order valence-corrected chi connectivity index (χ0v) is 10.7. The molecule has 0 aliphatic carbocycles. The molecule has 0 saturated carbocycles. The van der Waals surface area contributed by atoms with Crippen molar-refractivity contribution in [2.75, 3.05) is 0 Å². The van der Waals surface area contributed by atoms with Crippen LogP contribution < -0.4 is 5.73 Å². The molecule has 74 valence electrons. The summed E-state index contributed by atoms with van der Waals surface area (Å²) in [4.78, 5) is 1.26. The third-order valence-corrected chi connectivity index (χ3v) is 3.82. The van der Waals surface area contributed by atoms with Crippen molar-refractivity contribution in [1.82, 2.24) is 0 Å². The highest BCUT2D eigenvalue weighted by Gasteiger charge is 2.19. The Balaban J connectivity index is 2.69. The molecule has 0 fully saturated rings. The average Bonchev–Trinajstić information content (AvgIpc) is 2.30. The largest absolute Gasteiger partial charge is 0.323 e. The Bertz CT molecular complexity index is 275. The van der Waals surface area contributed by atoms with Crippen LogP contribution in [0.4, 0.5) is 0 Å². The zero-order valence-electron chi connectivity index (χ0n) is 8.30. The Morgan fingerprint density at radius 2 is 2.15 bits per heavy atom. The van der Waals surface area contributed by atoms with E-state index < -0.39 is 0 Å². The summed E-state index contributed by atoms with van der Waals surface area (Å²) in [6.07, 6.45) is 1.02. The summed E-state index contributed by atoms with van der Waals surface area (Å²) in [6.45, 7) is 6.65. The van der Waals surface area contributed by atoms with E-state index in [2.05, 4.69) is 48.1 Å². The van der Waals surface area contributed by atoms with Crippen LogP contribution in [0.3, 0.4) is 0 Å². The first-order valence-corrected chi connectivity index (χ1v) is 6.06. The van der Waals surface area contributed by atoms with Crippen molar-refractivity contribution in [1.29, 1.82) is 0 Å². The van der Waals surface area contributed by atoms with Crippen LogP contribution in [0.2, 0.25) is 0 Å². The molecule has 0 aliphatic rings. The smallest absolute Gasteiger partial charge is 0.0406 e. The highest BCUT2D eigenvalue weighted by atomic mass is 79.9. The first-order valence-electron chi connectivity index (χ1n) is 4.38. The number of hydrogen-bond acceptors (Lipinski definition) is 2. The molecule has 0 amide bonds. The van der Waals surface area contributed by atoms with Crippen LogP contribution in [0.25, 0.3) is 0 Å². The lowest BCUT2D eigenvalue weighted by atomic mass is 9.88. The molecule has 1 heterocycles. The van der Waals surface area contributed by atoms with E-state index in [1.54, 1.807) is 11.3 Å². The van der Waals surface area contributed by atoms with Gasteiger partial charge in [-0.3, -0.25) is 0 Å². The van der Waals surface area contributed by atoms with Crippen LogP contribution in [-0.2, 0) is 0 Å². The number of halogens is 1. The first kappa shape index (κ1) is 11.2. The Labute approximate surface area is 92.5 Å². The van der Waals surface area contributed by atoms with Gasteiger partial charge in [0, 0.05) is 15.4 Å².